The van der Waals surface area contributed by atoms with E-state index < -0.39 is 0 Å². The van der Waals surface area contributed by atoms with Crippen LogP contribution in [0.2, 0.25) is 0 Å². The summed E-state index contributed by atoms with van der Waals surface area (Å²) in [7, 11) is 0. The summed E-state index contributed by atoms with van der Waals surface area (Å²) >= 11 is 0. The summed E-state index contributed by atoms with van der Waals surface area (Å²) < 4.78 is 5.27. The Kier molecular flexibility index (Phi) is 29.5. The number of hydrogen-bond donors (Lipinski definition) is 0. The molecule has 1 aromatic heterocycles. The van der Waals surface area contributed by atoms with E-state index >= 15 is 0 Å². The zero-order valence-corrected chi connectivity index (χ0v) is 29.6. The maximum Gasteiger partial charge on any atom is 0.256 e. The van der Waals surface area contributed by atoms with Gasteiger partial charge in [0.2, 0.25) is 0 Å². The number of imidazole rings is 1. The maximum absolute atomic E-state index is 2.64. The van der Waals surface area contributed by atoms with Gasteiger partial charge in [-0.1, -0.05) is 188 Å². The van der Waals surface area contributed by atoms with Crippen molar-refractivity contribution >= 4 is 0 Å². The van der Waals surface area contributed by atoms with Crippen LogP contribution < -0.4 is 4.57 Å². The van der Waals surface area contributed by atoms with Crippen molar-refractivity contribution in [3.8, 4) is 0 Å². The number of rotatable bonds is 34. The molecule has 0 bridgehead atoms. The lowest BCUT2D eigenvalue weighted by Gasteiger charge is -2.07. The van der Waals surface area contributed by atoms with Crippen LogP contribution in [-0.2, 0) is 19.5 Å². The largest absolute Gasteiger partial charge is 0.256 e. The van der Waals surface area contributed by atoms with E-state index in [-0.39, 0.29) is 0 Å². The molecular formula is C40H79N2+. The smallest absolute Gasteiger partial charge is 0.234 e. The third-order valence-electron chi connectivity index (χ3n) is 9.60. The molecule has 0 aliphatic heterocycles. The molecule has 1 heterocycles. The van der Waals surface area contributed by atoms with E-state index in [1.165, 1.54) is 219 Å². The third kappa shape index (κ3) is 23.6. The Labute approximate surface area is 266 Å². The second-order valence-electron chi connectivity index (χ2n) is 13.8. The molecular weight excluding hydrogens is 508 g/mol. The highest BCUT2D eigenvalue weighted by Crippen LogP contribution is 2.15. The maximum atomic E-state index is 2.64. The van der Waals surface area contributed by atoms with Crippen LogP contribution in [-0.4, -0.2) is 4.57 Å². The molecule has 0 unspecified atom stereocenters. The van der Waals surface area contributed by atoms with Gasteiger partial charge in [0.15, 0.2) is 0 Å². The molecule has 0 aromatic carbocycles. The summed E-state index contributed by atoms with van der Waals surface area (Å²) in [5.74, 6) is 1.62. The highest BCUT2D eigenvalue weighted by atomic mass is 15.1. The lowest BCUT2D eigenvalue weighted by molar-refractivity contribution is -0.704. The normalized spacial score (nSPS) is 11.6. The van der Waals surface area contributed by atoms with Crippen molar-refractivity contribution in [2.45, 2.75) is 239 Å². The van der Waals surface area contributed by atoms with E-state index in [1.807, 2.05) is 0 Å². The number of aromatic nitrogens is 2. The van der Waals surface area contributed by atoms with Gasteiger partial charge in [0.25, 0.3) is 5.82 Å². The van der Waals surface area contributed by atoms with Gasteiger partial charge < -0.3 is 0 Å². The Morgan fingerprint density at radius 3 is 1.14 bits per heavy atom. The Morgan fingerprint density at radius 2 is 0.738 bits per heavy atom. The molecule has 1 aromatic rings. The van der Waals surface area contributed by atoms with Crippen LogP contribution in [0.15, 0.2) is 12.4 Å². The summed E-state index contributed by atoms with van der Waals surface area (Å²) in [5.41, 5.74) is 0. The van der Waals surface area contributed by atoms with E-state index in [4.69, 9.17) is 0 Å². The van der Waals surface area contributed by atoms with E-state index in [1.54, 1.807) is 5.82 Å². The Morgan fingerprint density at radius 1 is 0.405 bits per heavy atom. The summed E-state index contributed by atoms with van der Waals surface area (Å²) in [6, 6.07) is 0. The minimum absolute atomic E-state index is 1.23. The summed E-state index contributed by atoms with van der Waals surface area (Å²) in [6.07, 6.45) is 50.4. The van der Waals surface area contributed by atoms with Crippen molar-refractivity contribution in [2.24, 2.45) is 0 Å². The summed E-state index contributed by atoms with van der Waals surface area (Å²) in [6.45, 7) is 9.40. The molecule has 0 fully saturated rings. The predicted molar refractivity (Wildman–Crippen MR) is 188 cm³/mol. The van der Waals surface area contributed by atoms with Gasteiger partial charge in [0, 0.05) is 6.42 Å². The fourth-order valence-electron chi connectivity index (χ4n) is 6.68. The van der Waals surface area contributed by atoms with E-state index in [9.17, 15) is 0 Å². The number of unbranched alkanes of at least 4 members (excludes halogenated alkanes) is 28. The first kappa shape index (κ1) is 39.2. The zero-order chi connectivity index (χ0) is 30.2. The van der Waals surface area contributed by atoms with Gasteiger partial charge in [0.05, 0.1) is 13.1 Å². The van der Waals surface area contributed by atoms with Crippen LogP contribution in [0.1, 0.15) is 226 Å². The molecule has 0 amide bonds. The summed E-state index contributed by atoms with van der Waals surface area (Å²) in [5, 5.41) is 0. The highest BCUT2D eigenvalue weighted by molar-refractivity contribution is 4.84. The lowest BCUT2D eigenvalue weighted by atomic mass is 10.0. The number of hydrogen-bond acceptors (Lipinski definition) is 0. The van der Waals surface area contributed by atoms with Crippen molar-refractivity contribution in [2.75, 3.05) is 0 Å². The Hall–Kier alpha value is -0.790. The van der Waals surface area contributed by atoms with Crippen LogP contribution in [0.4, 0.5) is 0 Å². The zero-order valence-electron chi connectivity index (χ0n) is 29.6. The summed E-state index contributed by atoms with van der Waals surface area (Å²) in [4.78, 5) is 0. The van der Waals surface area contributed by atoms with Gasteiger partial charge in [-0.3, -0.25) is 0 Å². The Balaban J connectivity index is 2.31. The van der Waals surface area contributed by atoms with Crippen LogP contribution in [0.25, 0.3) is 0 Å². The number of nitrogens with zero attached hydrogens (tertiary/aromatic N) is 2. The standard InChI is InChI=1S/C40H79N2/c1-4-7-10-13-16-19-21-23-26-29-32-35-40-41(36-33-30-27-24-18-15-12-9-6-3)38-39-42(40)37-34-31-28-25-22-20-17-14-11-8-5-2/h38-39H,4-37H2,1-3H3/q+1. The van der Waals surface area contributed by atoms with Gasteiger partial charge in [-0.2, -0.15) is 0 Å². The van der Waals surface area contributed by atoms with Crippen molar-refractivity contribution in [3.05, 3.63) is 18.2 Å². The van der Waals surface area contributed by atoms with Crippen molar-refractivity contribution < 1.29 is 4.57 Å². The van der Waals surface area contributed by atoms with Crippen molar-refractivity contribution in [1.29, 1.82) is 0 Å². The molecule has 0 aliphatic carbocycles. The molecule has 248 valence electrons. The van der Waals surface area contributed by atoms with Gasteiger partial charge in [-0.15, -0.1) is 0 Å². The average Bonchev–Trinajstić information content (AvgIpc) is 3.38. The SMILES string of the molecule is CCCCCCCCCCCCCc1n(CCCCCCCCCCCCC)cc[n+]1CCCCCCCCCCC. The molecule has 0 saturated carbocycles. The van der Waals surface area contributed by atoms with Gasteiger partial charge >= 0.3 is 0 Å². The van der Waals surface area contributed by atoms with Gasteiger partial charge in [-0.25, -0.2) is 9.13 Å². The first-order valence-electron chi connectivity index (χ1n) is 19.9. The van der Waals surface area contributed by atoms with E-state index in [2.05, 4.69) is 42.3 Å². The third-order valence-corrected chi connectivity index (χ3v) is 9.60. The monoisotopic (exact) mass is 588 g/mol. The minimum Gasteiger partial charge on any atom is -0.234 e. The second-order valence-corrected chi connectivity index (χ2v) is 13.8. The average molecular weight is 588 g/mol. The minimum atomic E-state index is 1.23. The van der Waals surface area contributed by atoms with Crippen molar-refractivity contribution in [3.63, 3.8) is 0 Å². The van der Waals surface area contributed by atoms with Gasteiger partial charge in [0.1, 0.15) is 12.4 Å². The molecule has 0 atom stereocenters. The predicted octanol–water partition coefficient (Wildman–Crippen LogP) is 13.5. The van der Waals surface area contributed by atoms with E-state index in [0.29, 0.717) is 0 Å². The molecule has 42 heavy (non-hydrogen) atoms. The van der Waals surface area contributed by atoms with Crippen LogP contribution in [0, 0.1) is 0 Å². The molecule has 0 spiro atoms. The quantitative estimate of drug-likeness (QED) is 0.0560. The van der Waals surface area contributed by atoms with Crippen molar-refractivity contribution in [1.82, 2.24) is 4.57 Å². The molecule has 0 saturated heterocycles. The number of aryl methyl sites for hydroxylation is 2. The van der Waals surface area contributed by atoms with Gasteiger partial charge in [-0.05, 0) is 32.1 Å². The molecule has 2 heteroatoms. The fraction of sp³-hybridized carbons (Fsp3) is 0.925. The van der Waals surface area contributed by atoms with Crippen LogP contribution in [0.5, 0.6) is 0 Å². The first-order valence-corrected chi connectivity index (χ1v) is 19.9. The second kappa shape index (κ2) is 31.6. The topological polar surface area (TPSA) is 8.81 Å². The molecule has 1 rings (SSSR count). The van der Waals surface area contributed by atoms with E-state index in [0.717, 1.165) is 0 Å². The lowest BCUT2D eigenvalue weighted by Crippen LogP contribution is -2.37. The molecule has 0 radical (unpaired) electrons. The molecule has 0 N–H and O–H groups in total. The molecule has 0 aliphatic rings. The highest BCUT2D eigenvalue weighted by Gasteiger charge is 2.16. The van der Waals surface area contributed by atoms with Crippen LogP contribution in [0.3, 0.4) is 0 Å². The fourth-order valence-corrected chi connectivity index (χ4v) is 6.68. The Bertz CT molecular complexity index is 648. The van der Waals surface area contributed by atoms with Crippen LogP contribution >= 0.6 is 0 Å². The molecule has 2 nitrogen and oxygen atoms in total. The first-order chi connectivity index (χ1) is 20.8.